The van der Waals surface area contributed by atoms with E-state index in [0.717, 1.165) is 33.2 Å². The predicted molar refractivity (Wildman–Crippen MR) is 269 cm³/mol. The lowest BCUT2D eigenvalue weighted by Crippen LogP contribution is -2.26. The van der Waals surface area contributed by atoms with Crippen molar-refractivity contribution in [3.05, 3.63) is 191 Å². The number of hydrogen-bond acceptors (Lipinski definition) is 4. The van der Waals surface area contributed by atoms with Crippen molar-refractivity contribution in [1.82, 2.24) is 9.55 Å². The minimum atomic E-state index is -1.23. The Morgan fingerprint density at radius 2 is 1.11 bits per heavy atom. The molecule has 0 atom stereocenters. The molecule has 0 unspecified atom stereocenters. The number of anilines is 4. The molecule has 9 aromatic rings. The molecule has 0 N–H and O–H groups in total. The van der Waals surface area contributed by atoms with Crippen molar-refractivity contribution in [3.63, 3.8) is 0 Å². The summed E-state index contributed by atoms with van der Waals surface area (Å²) in [6, 6.07) is 36.2. The van der Waals surface area contributed by atoms with Crippen LogP contribution in [0.3, 0.4) is 0 Å². The lowest BCUT2D eigenvalue weighted by atomic mass is 9.81. The van der Waals surface area contributed by atoms with Gasteiger partial charge in [-0.25, -0.2) is 31.3 Å². The highest BCUT2D eigenvalue weighted by molar-refractivity contribution is 6.09. The summed E-state index contributed by atoms with van der Waals surface area (Å²) in [5.41, 5.74) is 3.35. The zero-order chi connectivity index (χ0) is 50.5. The van der Waals surface area contributed by atoms with Gasteiger partial charge in [0, 0.05) is 71.6 Å². The van der Waals surface area contributed by atoms with Crippen LogP contribution < -0.4 is 14.5 Å². The topological polar surface area (TPSA) is 33.5 Å². The molecule has 70 heavy (non-hydrogen) atoms. The largest absolute Gasteiger partial charge is 0.457 e. The van der Waals surface area contributed by atoms with E-state index in [1.54, 1.807) is 43.0 Å². The van der Waals surface area contributed by atoms with Crippen LogP contribution in [0.1, 0.15) is 79.3 Å². The summed E-state index contributed by atoms with van der Waals surface area (Å²) in [6.07, 6.45) is 1.82. The van der Waals surface area contributed by atoms with Crippen LogP contribution in [0.4, 0.5) is 49.1 Å². The van der Waals surface area contributed by atoms with Gasteiger partial charge < -0.3 is 14.5 Å². The van der Waals surface area contributed by atoms with Crippen LogP contribution in [0.5, 0.6) is 11.5 Å². The summed E-state index contributed by atoms with van der Waals surface area (Å²) < 4.78 is 112. The molecule has 7 aromatic carbocycles. The monoisotopic (exact) mass is 945 g/mol. The first-order valence-electron chi connectivity index (χ1n) is 23.5. The fourth-order valence-corrected chi connectivity index (χ4v) is 9.46. The fourth-order valence-electron chi connectivity index (χ4n) is 9.46. The number of hydrogen-bond donors (Lipinski definition) is 0. The van der Waals surface area contributed by atoms with Gasteiger partial charge in [0.25, 0.3) is 0 Å². The van der Waals surface area contributed by atoms with Crippen LogP contribution in [-0.2, 0) is 10.8 Å². The van der Waals surface area contributed by atoms with Crippen LogP contribution in [0, 0.1) is 34.9 Å². The number of nitrogens with zero attached hydrogens (tertiary/aromatic N) is 4. The molecule has 0 amide bonds. The van der Waals surface area contributed by atoms with Crippen molar-refractivity contribution in [1.29, 1.82) is 0 Å². The second-order valence-electron chi connectivity index (χ2n) is 20.1. The standard InChI is InChI=1S/C59H50F6N4O/c1-33(2)34-21-39(30-41(22-34)70-40-17-18-43-42-13-9-10-14-50(42)69(53(43)31-40)54-25-35(19-20-66-54)58(3,4)5)67-32-68(52-16-12-11-15-51(52)67)57-44(55-46(62)26-37(60)27-47(55)63)23-36(59(6,7)8)24-45(57)56-48(64)28-38(61)29-49(56)65/h9-31,33H,32H2,1-8H3/i33D. The molecule has 10 rings (SSSR count). The van der Waals surface area contributed by atoms with E-state index in [1.807, 2.05) is 98.6 Å². The van der Waals surface area contributed by atoms with Crippen molar-refractivity contribution in [3.8, 4) is 39.6 Å². The molecule has 5 nitrogen and oxygen atoms in total. The van der Waals surface area contributed by atoms with E-state index in [2.05, 4.69) is 43.5 Å². The van der Waals surface area contributed by atoms with Gasteiger partial charge in [-0.15, -0.1) is 0 Å². The molecule has 0 radical (unpaired) electrons. The maximum Gasteiger partial charge on any atom is 0.137 e. The second kappa shape index (κ2) is 17.2. The molecule has 0 fully saturated rings. The number of benzene rings is 7. The Bertz CT molecular complexity index is 3480. The van der Waals surface area contributed by atoms with Crippen molar-refractivity contribution in [2.75, 3.05) is 16.5 Å². The van der Waals surface area contributed by atoms with Crippen LogP contribution >= 0.6 is 0 Å². The van der Waals surface area contributed by atoms with Crippen LogP contribution in [0.2, 0.25) is 0 Å². The number of ether oxygens (including phenoxy) is 1. The maximum atomic E-state index is 16.2. The van der Waals surface area contributed by atoms with Gasteiger partial charge in [0.1, 0.15) is 58.9 Å². The van der Waals surface area contributed by atoms with Crippen molar-refractivity contribution < 1.29 is 32.5 Å². The van der Waals surface area contributed by atoms with Gasteiger partial charge in [0.05, 0.1) is 39.2 Å². The van der Waals surface area contributed by atoms with Gasteiger partial charge in [0.15, 0.2) is 0 Å². The van der Waals surface area contributed by atoms with E-state index in [1.165, 1.54) is 0 Å². The third-order valence-electron chi connectivity index (χ3n) is 13.0. The van der Waals surface area contributed by atoms with Gasteiger partial charge in [-0.3, -0.25) is 4.57 Å². The van der Waals surface area contributed by atoms with E-state index in [-0.39, 0.29) is 28.9 Å². The first kappa shape index (κ1) is 44.9. The molecule has 0 spiro atoms. The quantitative estimate of drug-likeness (QED) is 0.142. The van der Waals surface area contributed by atoms with Gasteiger partial charge in [0.2, 0.25) is 0 Å². The molecule has 11 heteroatoms. The minimum Gasteiger partial charge on any atom is -0.457 e. The highest BCUT2D eigenvalue weighted by Gasteiger charge is 2.36. The maximum absolute atomic E-state index is 16.2. The zero-order valence-electron chi connectivity index (χ0n) is 41.0. The Balaban J connectivity index is 1.14. The highest BCUT2D eigenvalue weighted by Crippen LogP contribution is 2.53. The third-order valence-corrected chi connectivity index (χ3v) is 13.0. The summed E-state index contributed by atoms with van der Waals surface area (Å²) in [6.45, 7) is 15.4. The Labute approximate surface area is 404 Å². The average Bonchev–Trinajstić information content (AvgIpc) is 3.83. The summed E-state index contributed by atoms with van der Waals surface area (Å²) in [4.78, 5) is 8.42. The molecule has 2 aromatic heterocycles. The second-order valence-corrected chi connectivity index (χ2v) is 20.1. The zero-order valence-corrected chi connectivity index (χ0v) is 40.0. The van der Waals surface area contributed by atoms with Gasteiger partial charge >= 0.3 is 0 Å². The first-order chi connectivity index (χ1) is 33.5. The molecule has 354 valence electrons. The lowest BCUT2D eigenvalue weighted by molar-refractivity contribution is 0.482. The molecule has 0 bridgehead atoms. The normalized spacial score (nSPS) is 13.4. The predicted octanol–water partition coefficient (Wildman–Crippen LogP) is 17.1. The van der Waals surface area contributed by atoms with E-state index in [4.69, 9.17) is 9.72 Å². The smallest absolute Gasteiger partial charge is 0.137 e. The summed E-state index contributed by atoms with van der Waals surface area (Å²) >= 11 is 0. The Hall–Kier alpha value is -7.53. The third kappa shape index (κ3) is 8.20. The Morgan fingerprint density at radius 3 is 1.70 bits per heavy atom. The average molecular weight is 946 g/mol. The molecule has 1 aliphatic rings. The molecule has 3 heterocycles. The summed E-state index contributed by atoms with van der Waals surface area (Å²) in [5, 5.41) is 2.05. The van der Waals surface area contributed by atoms with Crippen molar-refractivity contribution >= 4 is 44.6 Å². The van der Waals surface area contributed by atoms with Gasteiger partial charge in [-0.1, -0.05) is 85.7 Å². The molecule has 1 aliphatic heterocycles. The van der Waals surface area contributed by atoms with Crippen molar-refractivity contribution in [2.45, 2.75) is 72.1 Å². The fraction of sp³-hybridized carbons (Fsp3) is 0.203. The first-order valence-corrected chi connectivity index (χ1v) is 23.0. The lowest BCUT2D eigenvalue weighted by Gasteiger charge is -2.30. The van der Waals surface area contributed by atoms with Crippen molar-refractivity contribution in [2.24, 2.45) is 0 Å². The van der Waals surface area contributed by atoms with E-state index >= 15 is 17.6 Å². The molecular weight excluding hydrogens is 895 g/mol. The molecule has 0 saturated heterocycles. The number of rotatable bonds is 8. The Kier molecular flexibility index (Phi) is 11.0. The summed E-state index contributed by atoms with van der Waals surface area (Å²) in [5.74, 6) is -6.67. The number of halogens is 6. The number of para-hydroxylation sites is 3. The molecule has 0 aliphatic carbocycles. The molecular formula is C59H50F6N4O. The minimum absolute atomic E-state index is 0.0126. The van der Waals surface area contributed by atoms with Crippen LogP contribution in [0.25, 0.3) is 49.9 Å². The number of pyridine rings is 1. The van der Waals surface area contributed by atoms with Crippen LogP contribution in [-0.4, -0.2) is 16.2 Å². The summed E-state index contributed by atoms with van der Waals surface area (Å²) in [7, 11) is 0. The van der Waals surface area contributed by atoms with Crippen LogP contribution in [0.15, 0.2) is 140 Å². The Morgan fingerprint density at radius 1 is 0.557 bits per heavy atom. The van der Waals surface area contributed by atoms with E-state index in [0.29, 0.717) is 64.0 Å². The molecule has 0 saturated carbocycles. The SMILES string of the molecule is [2H]C(C)(C)c1cc(Oc2ccc3c4ccccc4n(-c4cc(C(C)(C)C)ccn4)c3c2)cc(N2CN(c3c(-c4c(F)cc(F)cc4F)cc(C(C)(C)C)cc3-c3c(F)cc(F)cc3F)c3ccccc32)c1. The number of fused-ring (bicyclic) bond motifs is 4. The van der Waals surface area contributed by atoms with E-state index in [9.17, 15) is 10.2 Å². The van der Waals surface area contributed by atoms with Gasteiger partial charge in [-0.05, 0) is 100 Å². The number of aromatic nitrogens is 2. The van der Waals surface area contributed by atoms with E-state index < -0.39 is 57.3 Å². The highest BCUT2D eigenvalue weighted by atomic mass is 19.2. The van der Waals surface area contributed by atoms with Gasteiger partial charge in [-0.2, -0.15) is 0 Å².